The normalized spacial score (nSPS) is 14.6. The lowest BCUT2D eigenvalue weighted by molar-refractivity contribution is 0.0168. The molecule has 0 radical (unpaired) electrons. The first-order valence-electron chi connectivity index (χ1n) is 4.52. The van der Waals surface area contributed by atoms with Crippen LogP contribution in [0.15, 0.2) is 18.3 Å². The minimum absolute atomic E-state index is 0.276. The van der Waals surface area contributed by atoms with Crippen molar-refractivity contribution in [2.24, 2.45) is 0 Å². The van der Waals surface area contributed by atoms with Crippen LogP contribution < -0.4 is 0 Å². The second-order valence-corrected chi connectivity index (χ2v) is 3.50. The summed E-state index contributed by atoms with van der Waals surface area (Å²) in [6.45, 7) is 0. The van der Waals surface area contributed by atoms with Gasteiger partial charge in [0.25, 0.3) is 0 Å². The number of rotatable bonds is 5. The number of aldehydes is 1. The maximum absolute atomic E-state index is 10.3. The van der Waals surface area contributed by atoms with E-state index in [9.17, 15) is 15.0 Å². The van der Waals surface area contributed by atoms with Crippen LogP contribution in [0.2, 0.25) is 0 Å². The molecule has 5 heteroatoms. The number of hydrogen-bond acceptors (Lipinski definition) is 4. The first kappa shape index (κ1) is 12.1. The van der Waals surface area contributed by atoms with Gasteiger partial charge >= 0.3 is 0 Å². The predicted molar refractivity (Wildman–Crippen MR) is 55.9 cm³/mol. The van der Waals surface area contributed by atoms with Crippen LogP contribution in [0.3, 0.4) is 0 Å². The second-order valence-electron chi connectivity index (χ2n) is 3.12. The number of aromatic nitrogens is 1. The van der Waals surface area contributed by atoms with E-state index in [-0.39, 0.29) is 11.6 Å². The molecule has 0 bridgehead atoms. The molecule has 0 aromatic carbocycles. The van der Waals surface area contributed by atoms with E-state index in [0.717, 1.165) is 0 Å². The van der Waals surface area contributed by atoms with Crippen molar-refractivity contribution >= 4 is 17.9 Å². The lowest BCUT2D eigenvalue weighted by Gasteiger charge is -2.16. The van der Waals surface area contributed by atoms with Gasteiger partial charge in [0.15, 0.2) is 6.29 Å². The maximum atomic E-state index is 10.3. The van der Waals surface area contributed by atoms with Crippen LogP contribution in [0.25, 0.3) is 0 Å². The average Bonchev–Trinajstić information content (AvgIpc) is 2.28. The third-order valence-corrected chi connectivity index (χ3v) is 2.26. The number of aliphatic hydroxyl groups excluding tert-OH is 2. The van der Waals surface area contributed by atoms with Crippen molar-refractivity contribution in [3.05, 3.63) is 29.6 Å². The van der Waals surface area contributed by atoms with Crippen molar-refractivity contribution in [2.45, 2.75) is 18.6 Å². The van der Waals surface area contributed by atoms with Crippen LogP contribution in [-0.4, -0.2) is 33.5 Å². The van der Waals surface area contributed by atoms with Gasteiger partial charge in [-0.1, -0.05) is 6.07 Å². The van der Waals surface area contributed by atoms with E-state index >= 15 is 0 Å². The molecule has 0 aliphatic rings. The summed E-state index contributed by atoms with van der Waals surface area (Å²) in [5.41, 5.74) is 0.760. The van der Waals surface area contributed by atoms with E-state index in [1.807, 2.05) is 0 Å². The van der Waals surface area contributed by atoms with Gasteiger partial charge in [-0.05, 0) is 12.5 Å². The molecule has 1 heterocycles. The second kappa shape index (κ2) is 5.80. The highest BCUT2D eigenvalue weighted by atomic mass is 35.5. The number of carbonyl (C=O) groups is 1. The minimum Gasteiger partial charge on any atom is -0.390 e. The van der Waals surface area contributed by atoms with Gasteiger partial charge in [-0.15, -0.1) is 11.6 Å². The van der Waals surface area contributed by atoms with Crippen LogP contribution in [0.1, 0.15) is 28.6 Å². The van der Waals surface area contributed by atoms with Gasteiger partial charge in [0.1, 0.15) is 11.8 Å². The Hall–Kier alpha value is -0.970. The summed E-state index contributed by atoms with van der Waals surface area (Å²) in [5, 5.41) is 19.1. The Morgan fingerprint density at radius 1 is 1.47 bits per heavy atom. The van der Waals surface area contributed by atoms with Gasteiger partial charge in [-0.3, -0.25) is 9.78 Å². The van der Waals surface area contributed by atoms with Crippen LogP contribution in [0.4, 0.5) is 0 Å². The van der Waals surface area contributed by atoms with Gasteiger partial charge in [-0.25, -0.2) is 0 Å². The Balaban J connectivity index is 2.73. The van der Waals surface area contributed by atoms with E-state index in [1.165, 1.54) is 12.3 Å². The molecular formula is C10H12ClNO3. The zero-order chi connectivity index (χ0) is 11.3. The van der Waals surface area contributed by atoms with Gasteiger partial charge in [0.05, 0.1) is 6.10 Å². The number of aliphatic hydroxyl groups is 2. The Bertz CT molecular complexity index is 315. The summed E-state index contributed by atoms with van der Waals surface area (Å²) in [6, 6.07) is 3.04. The number of carbonyl (C=O) groups excluding carboxylic acids is 1. The molecule has 4 nitrogen and oxygen atoms in total. The van der Waals surface area contributed by atoms with Crippen LogP contribution in [0, 0.1) is 0 Å². The Labute approximate surface area is 92.5 Å². The summed E-state index contributed by atoms with van der Waals surface area (Å²) >= 11 is 5.44. The summed E-state index contributed by atoms with van der Waals surface area (Å²) in [4.78, 5) is 14.1. The number of pyridine rings is 1. The fraction of sp³-hybridized carbons (Fsp3) is 0.400. The van der Waals surface area contributed by atoms with Gasteiger partial charge < -0.3 is 10.2 Å². The molecule has 2 atom stereocenters. The molecule has 1 aromatic heterocycles. The molecule has 0 aliphatic heterocycles. The largest absolute Gasteiger partial charge is 0.390 e. The molecule has 0 saturated heterocycles. The fourth-order valence-corrected chi connectivity index (χ4v) is 1.38. The number of hydrogen-bond donors (Lipinski definition) is 2. The molecule has 1 aromatic rings. The quantitative estimate of drug-likeness (QED) is 0.582. The van der Waals surface area contributed by atoms with Gasteiger partial charge in [-0.2, -0.15) is 0 Å². The van der Waals surface area contributed by atoms with Crippen LogP contribution in [0.5, 0.6) is 0 Å². The molecule has 15 heavy (non-hydrogen) atoms. The Morgan fingerprint density at radius 2 is 2.20 bits per heavy atom. The van der Waals surface area contributed by atoms with E-state index in [0.29, 0.717) is 18.3 Å². The molecular weight excluding hydrogens is 218 g/mol. The van der Waals surface area contributed by atoms with E-state index in [1.54, 1.807) is 6.07 Å². The molecule has 0 amide bonds. The topological polar surface area (TPSA) is 70.4 Å². The third-order valence-electron chi connectivity index (χ3n) is 2.04. The van der Waals surface area contributed by atoms with Crippen LogP contribution in [-0.2, 0) is 0 Å². The Kier molecular flexibility index (Phi) is 4.68. The van der Waals surface area contributed by atoms with E-state index in [4.69, 9.17) is 11.6 Å². The van der Waals surface area contributed by atoms with Crippen molar-refractivity contribution in [3.63, 3.8) is 0 Å². The van der Waals surface area contributed by atoms with Crippen LogP contribution >= 0.6 is 11.6 Å². The smallest absolute Gasteiger partial charge is 0.168 e. The molecule has 2 N–H and O–H groups in total. The third kappa shape index (κ3) is 3.27. The number of alkyl halides is 1. The number of halogens is 1. The van der Waals surface area contributed by atoms with Gasteiger partial charge in [0, 0.05) is 17.6 Å². The molecule has 0 fully saturated rings. The highest BCUT2D eigenvalue weighted by Gasteiger charge is 2.17. The molecule has 2 unspecified atom stereocenters. The van der Waals surface area contributed by atoms with E-state index < -0.39 is 12.2 Å². The first-order chi connectivity index (χ1) is 7.19. The maximum Gasteiger partial charge on any atom is 0.168 e. The standard InChI is InChI=1S/C10H12ClNO3/c11-4-3-9(14)10(15)7-1-2-8(6-13)12-5-7/h1-2,5-6,9-10,14-15H,3-4H2. The average molecular weight is 230 g/mol. The minimum atomic E-state index is -1.02. The molecule has 82 valence electrons. The molecule has 0 spiro atoms. The van der Waals surface area contributed by atoms with E-state index in [2.05, 4.69) is 4.98 Å². The molecule has 0 saturated carbocycles. The van der Waals surface area contributed by atoms with Crippen molar-refractivity contribution in [3.8, 4) is 0 Å². The highest BCUT2D eigenvalue weighted by molar-refractivity contribution is 6.17. The summed E-state index contributed by atoms with van der Waals surface area (Å²) in [6.07, 6.45) is 0.360. The monoisotopic (exact) mass is 229 g/mol. The molecule has 0 aliphatic carbocycles. The zero-order valence-corrected chi connectivity index (χ0v) is 8.76. The summed E-state index contributed by atoms with van der Waals surface area (Å²) < 4.78 is 0. The first-order valence-corrected chi connectivity index (χ1v) is 5.05. The Morgan fingerprint density at radius 3 is 2.67 bits per heavy atom. The predicted octanol–water partition coefficient (Wildman–Crippen LogP) is 0.917. The summed E-state index contributed by atoms with van der Waals surface area (Å²) in [7, 11) is 0. The highest BCUT2D eigenvalue weighted by Crippen LogP contribution is 2.18. The zero-order valence-electron chi connectivity index (χ0n) is 8.01. The lowest BCUT2D eigenvalue weighted by atomic mass is 10.0. The number of nitrogens with zero attached hydrogens (tertiary/aromatic N) is 1. The van der Waals surface area contributed by atoms with Crippen molar-refractivity contribution in [1.29, 1.82) is 0 Å². The SMILES string of the molecule is O=Cc1ccc(C(O)C(O)CCCl)cn1. The summed E-state index contributed by atoms with van der Waals surface area (Å²) in [5.74, 6) is 0.276. The van der Waals surface area contributed by atoms with Gasteiger partial charge in [0.2, 0.25) is 0 Å². The molecule has 1 rings (SSSR count). The van der Waals surface area contributed by atoms with Crippen molar-refractivity contribution < 1.29 is 15.0 Å². The van der Waals surface area contributed by atoms with Crippen molar-refractivity contribution in [1.82, 2.24) is 4.98 Å². The lowest BCUT2D eigenvalue weighted by Crippen LogP contribution is -2.18. The van der Waals surface area contributed by atoms with Crippen molar-refractivity contribution in [2.75, 3.05) is 5.88 Å². The fourth-order valence-electron chi connectivity index (χ4n) is 1.15.